The number of anilines is 1. The molecule has 4 N–H and O–H groups in total. The van der Waals surface area contributed by atoms with Crippen LogP contribution in [0.5, 0.6) is 0 Å². The summed E-state index contributed by atoms with van der Waals surface area (Å²) >= 11 is 6.46. The molecule has 0 atom stereocenters. The molecule has 0 saturated heterocycles. The average Bonchev–Trinajstić information content (AvgIpc) is 2.57. The normalized spacial score (nSPS) is 20.8. The molecule has 1 aromatic carbocycles. The van der Waals surface area contributed by atoms with E-state index in [-0.39, 0.29) is 5.82 Å². The van der Waals surface area contributed by atoms with Crippen molar-refractivity contribution in [2.45, 2.75) is 44.3 Å². The molecule has 0 aliphatic heterocycles. The van der Waals surface area contributed by atoms with Gasteiger partial charge in [0, 0.05) is 29.8 Å². The molecule has 2 aromatic rings. The van der Waals surface area contributed by atoms with E-state index < -0.39 is 5.69 Å². The molecular weight excluding hydrogens is 338 g/mol. The van der Waals surface area contributed by atoms with E-state index in [1.807, 2.05) is 12.1 Å². The summed E-state index contributed by atoms with van der Waals surface area (Å²) in [5.41, 5.74) is 12.8. The van der Waals surface area contributed by atoms with E-state index in [4.69, 9.17) is 23.1 Å². The molecular formula is C18H24ClN5O. The number of hydrogen-bond donors (Lipinski definition) is 2. The standard InChI is InChI=1S/C18H24ClN5O/c1-23(14-6-3-13(20)4-7-14)11-12-2-5-15(10-16(12)19)24-9-8-17(21)22-18(24)25/h2,5,8-10,13-14H,3-4,6-7,11,20H2,1H3,(H2,21,22,25). The summed E-state index contributed by atoms with van der Waals surface area (Å²) in [6.07, 6.45) is 6.01. The summed E-state index contributed by atoms with van der Waals surface area (Å²) < 4.78 is 1.43. The molecule has 1 aliphatic carbocycles. The number of halogens is 1. The predicted octanol–water partition coefficient (Wildman–Crippen LogP) is 2.17. The highest BCUT2D eigenvalue weighted by molar-refractivity contribution is 6.31. The highest BCUT2D eigenvalue weighted by Gasteiger charge is 2.22. The van der Waals surface area contributed by atoms with Crippen molar-refractivity contribution in [3.8, 4) is 5.69 Å². The van der Waals surface area contributed by atoms with Crippen molar-refractivity contribution in [2.24, 2.45) is 5.73 Å². The average molecular weight is 362 g/mol. The number of rotatable bonds is 4. The summed E-state index contributed by atoms with van der Waals surface area (Å²) in [4.78, 5) is 18.0. The Morgan fingerprint density at radius 1 is 1.28 bits per heavy atom. The zero-order chi connectivity index (χ0) is 18.0. The molecule has 1 aromatic heterocycles. The lowest BCUT2D eigenvalue weighted by Gasteiger charge is -2.33. The number of nitrogens with two attached hydrogens (primary N) is 2. The van der Waals surface area contributed by atoms with Crippen molar-refractivity contribution < 1.29 is 0 Å². The van der Waals surface area contributed by atoms with Gasteiger partial charge in [0.25, 0.3) is 0 Å². The van der Waals surface area contributed by atoms with E-state index >= 15 is 0 Å². The molecule has 7 heteroatoms. The third-order valence-corrected chi connectivity index (χ3v) is 5.28. The van der Waals surface area contributed by atoms with Crippen LogP contribution in [0.3, 0.4) is 0 Å². The van der Waals surface area contributed by atoms with Gasteiger partial charge in [-0.05, 0) is 56.5 Å². The zero-order valence-corrected chi connectivity index (χ0v) is 15.1. The number of benzene rings is 1. The summed E-state index contributed by atoms with van der Waals surface area (Å²) in [7, 11) is 2.13. The minimum absolute atomic E-state index is 0.206. The molecule has 1 heterocycles. The Labute approximate surface area is 152 Å². The van der Waals surface area contributed by atoms with Gasteiger partial charge in [-0.3, -0.25) is 9.47 Å². The summed E-state index contributed by atoms with van der Waals surface area (Å²) in [6, 6.07) is 8.11. The van der Waals surface area contributed by atoms with Crippen LogP contribution in [0.15, 0.2) is 35.3 Å². The lowest BCUT2D eigenvalue weighted by molar-refractivity contribution is 0.176. The highest BCUT2D eigenvalue weighted by Crippen LogP contribution is 2.25. The highest BCUT2D eigenvalue weighted by atomic mass is 35.5. The summed E-state index contributed by atoms with van der Waals surface area (Å²) in [5, 5.41) is 0.639. The van der Waals surface area contributed by atoms with Gasteiger partial charge in [0.1, 0.15) is 5.82 Å². The van der Waals surface area contributed by atoms with Crippen LogP contribution in [0.1, 0.15) is 31.2 Å². The smallest absolute Gasteiger partial charge is 0.354 e. The summed E-state index contributed by atoms with van der Waals surface area (Å²) in [5.74, 6) is 0.206. The second-order valence-electron chi connectivity index (χ2n) is 6.76. The quantitative estimate of drug-likeness (QED) is 0.871. The van der Waals surface area contributed by atoms with Crippen LogP contribution in [-0.2, 0) is 6.54 Å². The van der Waals surface area contributed by atoms with Crippen molar-refractivity contribution in [2.75, 3.05) is 12.8 Å². The van der Waals surface area contributed by atoms with Gasteiger partial charge >= 0.3 is 5.69 Å². The van der Waals surface area contributed by atoms with Crippen molar-refractivity contribution >= 4 is 17.4 Å². The number of hydrogen-bond acceptors (Lipinski definition) is 5. The van der Waals surface area contributed by atoms with Crippen LogP contribution >= 0.6 is 11.6 Å². The van der Waals surface area contributed by atoms with E-state index in [1.54, 1.807) is 18.3 Å². The van der Waals surface area contributed by atoms with E-state index in [1.165, 1.54) is 4.57 Å². The van der Waals surface area contributed by atoms with Crippen LogP contribution in [0.2, 0.25) is 5.02 Å². The molecule has 0 radical (unpaired) electrons. The maximum atomic E-state index is 12.0. The fourth-order valence-corrected chi connectivity index (χ4v) is 3.60. The Kier molecular flexibility index (Phi) is 5.42. The first-order valence-electron chi connectivity index (χ1n) is 8.54. The van der Waals surface area contributed by atoms with E-state index in [2.05, 4.69) is 16.9 Å². The third kappa shape index (κ3) is 4.21. The molecule has 1 saturated carbocycles. The van der Waals surface area contributed by atoms with Gasteiger partial charge in [0.2, 0.25) is 0 Å². The van der Waals surface area contributed by atoms with Crippen molar-refractivity contribution in [1.29, 1.82) is 0 Å². The fraction of sp³-hybridized carbons (Fsp3) is 0.444. The van der Waals surface area contributed by atoms with Crippen molar-refractivity contribution in [3.05, 3.63) is 51.5 Å². The van der Waals surface area contributed by atoms with Gasteiger partial charge in [0.15, 0.2) is 0 Å². The minimum Gasteiger partial charge on any atom is -0.383 e. The Morgan fingerprint density at radius 2 is 2.00 bits per heavy atom. The van der Waals surface area contributed by atoms with Gasteiger partial charge in [-0.2, -0.15) is 4.98 Å². The SMILES string of the molecule is CN(Cc1ccc(-n2ccc(N)nc2=O)cc1Cl)C1CCC(N)CC1. The van der Waals surface area contributed by atoms with Crippen LogP contribution in [0, 0.1) is 0 Å². The van der Waals surface area contributed by atoms with Gasteiger partial charge in [-0.1, -0.05) is 17.7 Å². The molecule has 0 spiro atoms. The number of nitrogens with zero attached hydrogens (tertiary/aromatic N) is 3. The lowest BCUT2D eigenvalue weighted by Crippen LogP contribution is -2.38. The Morgan fingerprint density at radius 3 is 2.64 bits per heavy atom. The largest absolute Gasteiger partial charge is 0.383 e. The molecule has 25 heavy (non-hydrogen) atoms. The summed E-state index contributed by atoms with van der Waals surface area (Å²) in [6.45, 7) is 0.772. The number of nitrogen functional groups attached to an aromatic ring is 1. The van der Waals surface area contributed by atoms with Gasteiger partial charge < -0.3 is 11.5 Å². The molecule has 3 rings (SSSR count). The molecule has 0 amide bonds. The first kappa shape index (κ1) is 17.9. The van der Waals surface area contributed by atoms with Crippen LogP contribution in [0.4, 0.5) is 5.82 Å². The van der Waals surface area contributed by atoms with Gasteiger partial charge in [0.05, 0.1) is 5.69 Å². The van der Waals surface area contributed by atoms with E-state index in [0.717, 1.165) is 37.8 Å². The minimum atomic E-state index is -0.417. The molecule has 0 bridgehead atoms. The molecule has 6 nitrogen and oxygen atoms in total. The monoisotopic (exact) mass is 361 g/mol. The maximum Gasteiger partial charge on any atom is 0.354 e. The van der Waals surface area contributed by atoms with Crippen molar-refractivity contribution in [1.82, 2.24) is 14.5 Å². The molecule has 134 valence electrons. The van der Waals surface area contributed by atoms with Crippen LogP contribution in [0.25, 0.3) is 5.69 Å². The molecule has 0 unspecified atom stereocenters. The van der Waals surface area contributed by atoms with Crippen LogP contribution < -0.4 is 17.2 Å². The Hall–Kier alpha value is -1.89. The predicted molar refractivity (Wildman–Crippen MR) is 101 cm³/mol. The van der Waals surface area contributed by atoms with E-state index in [0.29, 0.717) is 22.8 Å². The second-order valence-corrected chi connectivity index (χ2v) is 7.17. The Balaban J connectivity index is 1.75. The topological polar surface area (TPSA) is 90.2 Å². The van der Waals surface area contributed by atoms with Gasteiger partial charge in [-0.15, -0.1) is 0 Å². The zero-order valence-electron chi connectivity index (χ0n) is 14.4. The molecule has 1 aliphatic rings. The lowest BCUT2D eigenvalue weighted by atomic mass is 9.91. The van der Waals surface area contributed by atoms with Gasteiger partial charge in [-0.25, -0.2) is 4.79 Å². The maximum absolute atomic E-state index is 12.0. The fourth-order valence-electron chi connectivity index (χ4n) is 3.37. The second kappa shape index (κ2) is 7.56. The Bertz CT molecular complexity index is 798. The van der Waals surface area contributed by atoms with Crippen molar-refractivity contribution in [3.63, 3.8) is 0 Å². The first-order valence-corrected chi connectivity index (χ1v) is 8.91. The van der Waals surface area contributed by atoms with Crippen LogP contribution in [-0.4, -0.2) is 33.6 Å². The third-order valence-electron chi connectivity index (χ3n) is 4.92. The molecule has 1 fully saturated rings. The van der Waals surface area contributed by atoms with E-state index in [9.17, 15) is 4.79 Å². The number of aromatic nitrogens is 2. The first-order chi connectivity index (χ1) is 11.9.